The van der Waals surface area contributed by atoms with Crippen LogP contribution in [0.25, 0.3) is 0 Å². The molecule has 4 rings (SSSR count). The average molecular weight is 462 g/mol. The summed E-state index contributed by atoms with van der Waals surface area (Å²) >= 11 is 1.19. The molecule has 0 atom stereocenters. The molecule has 0 saturated carbocycles. The second-order valence-corrected chi connectivity index (χ2v) is 8.26. The van der Waals surface area contributed by atoms with E-state index in [4.69, 9.17) is 4.42 Å². The van der Waals surface area contributed by atoms with E-state index in [2.05, 4.69) is 10.2 Å². The summed E-state index contributed by atoms with van der Waals surface area (Å²) in [6.07, 6.45) is -3.85. The van der Waals surface area contributed by atoms with Crippen LogP contribution in [0.5, 0.6) is 0 Å². The number of carbonyl (C=O) groups is 1. The van der Waals surface area contributed by atoms with E-state index in [-0.39, 0.29) is 11.7 Å². The molecule has 0 bridgehead atoms. The van der Waals surface area contributed by atoms with Crippen molar-refractivity contribution in [1.82, 2.24) is 15.1 Å². The monoisotopic (exact) mass is 462 g/mol. The summed E-state index contributed by atoms with van der Waals surface area (Å²) in [5, 5.41) is 8.34. The van der Waals surface area contributed by atoms with Crippen LogP contribution in [0.4, 0.5) is 18.9 Å². The standard InChI is InChI=1S/C22H21F3N4O2S/c23-22(24,25)17-7-4-8-18(14-17)28-9-11-29(12-10-28)20(30)15-32-21-27-26-19(31-21)13-16-5-2-1-3-6-16/h1-8,14H,9-13,15H2. The van der Waals surface area contributed by atoms with Crippen LogP contribution in [-0.2, 0) is 17.4 Å². The van der Waals surface area contributed by atoms with Crippen molar-refractivity contribution in [3.63, 3.8) is 0 Å². The van der Waals surface area contributed by atoms with Gasteiger partial charge in [0.1, 0.15) is 0 Å². The Morgan fingerprint density at radius 1 is 1.00 bits per heavy atom. The van der Waals surface area contributed by atoms with E-state index >= 15 is 0 Å². The van der Waals surface area contributed by atoms with Gasteiger partial charge < -0.3 is 14.2 Å². The quantitative estimate of drug-likeness (QED) is 0.514. The third-order valence-corrected chi connectivity index (χ3v) is 5.94. The van der Waals surface area contributed by atoms with Crippen LogP contribution in [-0.4, -0.2) is 52.9 Å². The molecule has 32 heavy (non-hydrogen) atoms. The van der Waals surface area contributed by atoms with Crippen molar-refractivity contribution in [2.75, 3.05) is 36.8 Å². The van der Waals surface area contributed by atoms with E-state index in [1.165, 1.54) is 17.8 Å². The number of rotatable bonds is 6. The molecule has 1 aliphatic heterocycles. The number of aromatic nitrogens is 2. The maximum absolute atomic E-state index is 12.9. The van der Waals surface area contributed by atoms with Crippen molar-refractivity contribution in [3.8, 4) is 0 Å². The number of alkyl halides is 3. The van der Waals surface area contributed by atoms with E-state index in [1.807, 2.05) is 35.2 Å². The van der Waals surface area contributed by atoms with E-state index in [0.717, 1.165) is 17.7 Å². The lowest BCUT2D eigenvalue weighted by Crippen LogP contribution is -2.49. The molecule has 0 unspecified atom stereocenters. The molecule has 1 amide bonds. The maximum Gasteiger partial charge on any atom is 0.416 e. The zero-order valence-corrected chi connectivity index (χ0v) is 17.9. The third kappa shape index (κ3) is 5.61. The SMILES string of the molecule is O=C(CSc1nnc(Cc2ccccc2)o1)N1CCN(c2cccc(C(F)(F)F)c2)CC1. The van der Waals surface area contributed by atoms with Gasteiger partial charge in [-0.15, -0.1) is 10.2 Å². The van der Waals surface area contributed by atoms with Gasteiger partial charge in [-0.05, 0) is 23.8 Å². The summed E-state index contributed by atoms with van der Waals surface area (Å²) in [6.45, 7) is 1.83. The van der Waals surface area contributed by atoms with Crippen LogP contribution < -0.4 is 4.90 Å². The summed E-state index contributed by atoms with van der Waals surface area (Å²) in [4.78, 5) is 16.1. The maximum atomic E-state index is 12.9. The van der Waals surface area contributed by atoms with Gasteiger partial charge >= 0.3 is 6.18 Å². The highest BCUT2D eigenvalue weighted by Crippen LogP contribution is 2.32. The minimum absolute atomic E-state index is 0.0681. The lowest BCUT2D eigenvalue weighted by Gasteiger charge is -2.36. The second-order valence-electron chi connectivity index (χ2n) is 7.33. The number of hydrogen-bond acceptors (Lipinski definition) is 6. The van der Waals surface area contributed by atoms with Crippen LogP contribution in [0, 0.1) is 0 Å². The first-order valence-electron chi connectivity index (χ1n) is 10.1. The number of amides is 1. The van der Waals surface area contributed by atoms with Crippen molar-refractivity contribution in [3.05, 3.63) is 71.6 Å². The van der Waals surface area contributed by atoms with E-state index in [9.17, 15) is 18.0 Å². The molecule has 1 saturated heterocycles. The predicted octanol–water partition coefficient (Wildman–Crippen LogP) is 4.12. The van der Waals surface area contributed by atoms with Crippen LogP contribution >= 0.6 is 11.8 Å². The van der Waals surface area contributed by atoms with Crippen molar-refractivity contribution in [2.45, 2.75) is 17.8 Å². The minimum Gasteiger partial charge on any atom is -0.416 e. The smallest absolute Gasteiger partial charge is 0.416 e. The number of nitrogens with zero attached hydrogens (tertiary/aromatic N) is 4. The van der Waals surface area contributed by atoms with Gasteiger partial charge in [-0.1, -0.05) is 48.2 Å². The number of halogens is 3. The molecular weight excluding hydrogens is 441 g/mol. The van der Waals surface area contributed by atoms with E-state index in [1.54, 1.807) is 11.0 Å². The number of piperazine rings is 1. The van der Waals surface area contributed by atoms with Gasteiger partial charge in [0.25, 0.3) is 5.22 Å². The zero-order chi connectivity index (χ0) is 22.6. The Morgan fingerprint density at radius 2 is 1.75 bits per heavy atom. The van der Waals surface area contributed by atoms with Crippen LogP contribution in [0.15, 0.2) is 64.2 Å². The first-order valence-corrected chi connectivity index (χ1v) is 11.1. The molecule has 10 heteroatoms. The Kier molecular flexibility index (Phi) is 6.69. The van der Waals surface area contributed by atoms with Crippen molar-refractivity contribution < 1.29 is 22.4 Å². The topological polar surface area (TPSA) is 62.5 Å². The predicted molar refractivity (Wildman–Crippen MR) is 115 cm³/mol. The van der Waals surface area contributed by atoms with E-state index < -0.39 is 11.7 Å². The molecule has 1 fully saturated rings. The fraction of sp³-hybridized carbons (Fsp3) is 0.318. The molecule has 2 aromatic carbocycles. The van der Waals surface area contributed by atoms with Gasteiger partial charge in [-0.25, -0.2) is 0 Å². The largest absolute Gasteiger partial charge is 0.416 e. The van der Waals surface area contributed by atoms with Gasteiger partial charge in [0.2, 0.25) is 11.8 Å². The van der Waals surface area contributed by atoms with Crippen LogP contribution in [0.2, 0.25) is 0 Å². The highest BCUT2D eigenvalue weighted by molar-refractivity contribution is 7.99. The Labute approximate surface area is 187 Å². The number of benzene rings is 2. The van der Waals surface area contributed by atoms with Crippen molar-refractivity contribution in [2.24, 2.45) is 0 Å². The second kappa shape index (κ2) is 9.64. The van der Waals surface area contributed by atoms with Crippen LogP contribution in [0.3, 0.4) is 0 Å². The van der Waals surface area contributed by atoms with Crippen molar-refractivity contribution in [1.29, 1.82) is 0 Å². The highest BCUT2D eigenvalue weighted by Gasteiger charge is 2.31. The normalized spacial score (nSPS) is 14.6. The molecule has 0 N–H and O–H groups in total. The van der Waals surface area contributed by atoms with Gasteiger partial charge in [0.15, 0.2) is 0 Å². The van der Waals surface area contributed by atoms with Gasteiger partial charge in [-0.2, -0.15) is 13.2 Å². The highest BCUT2D eigenvalue weighted by atomic mass is 32.2. The summed E-state index contributed by atoms with van der Waals surface area (Å²) in [5.74, 6) is 0.582. The molecule has 168 valence electrons. The fourth-order valence-electron chi connectivity index (χ4n) is 3.45. The Hall–Kier alpha value is -3.01. The lowest BCUT2D eigenvalue weighted by atomic mass is 10.1. The first-order chi connectivity index (χ1) is 15.4. The molecule has 2 heterocycles. The molecule has 0 aliphatic carbocycles. The Balaban J connectivity index is 1.26. The average Bonchev–Trinajstić information content (AvgIpc) is 3.25. The van der Waals surface area contributed by atoms with Gasteiger partial charge in [0, 0.05) is 31.9 Å². The molecule has 1 aromatic heterocycles. The van der Waals surface area contributed by atoms with Crippen LogP contribution in [0.1, 0.15) is 17.0 Å². The van der Waals surface area contributed by atoms with Crippen molar-refractivity contribution >= 4 is 23.4 Å². The summed E-state index contributed by atoms with van der Waals surface area (Å²) in [6, 6.07) is 15.0. The first kappa shape index (κ1) is 22.2. The number of anilines is 1. The summed E-state index contributed by atoms with van der Waals surface area (Å²) < 4.78 is 44.5. The molecule has 6 nitrogen and oxygen atoms in total. The summed E-state index contributed by atoms with van der Waals surface area (Å²) in [5.41, 5.74) is 0.900. The van der Waals surface area contributed by atoms with Gasteiger partial charge in [0.05, 0.1) is 17.7 Å². The minimum atomic E-state index is -4.37. The fourth-order valence-corrected chi connectivity index (χ4v) is 4.13. The Morgan fingerprint density at radius 3 is 2.47 bits per heavy atom. The molecule has 3 aromatic rings. The Bertz CT molecular complexity index is 1050. The number of hydrogen-bond donors (Lipinski definition) is 0. The lowest BCUT2D eigenvalue weighted by molar-refractivity contribution is -0.137. The zero-order valence-electron chi connectivity index (χ0n) is 17.1. The number of carbonyl (C=O) groups excluding carboxylic acids is 1. The molecule has 0 radical (unpaired) electrons. The van der Waals surface area contributed by atoms with E-state index in [0.29, 0.717) is 49.4 Å². The molecular formula is C22H21F3N4O2S. The molecule has 0 spiro atoms. The molecule has 1 aliphatic rings. The summed E-state index contributed by atoms with van der Waals surface area (Å²) in [7, 11) is 0. The third-order valence-electron chi connectivity index (χ3n) is 5.14. The number of thioether (sulfide) groups is 1. The van der Waals surface area contributed by atoms with Gasteiger partial charge in [-0.3, -0.25) is 4.79 Å².